The maximum Gasteiger partial charge on any atom is 0.301 e. The molecular formula is C24H14ClFN2O4S. The number of hydrogen-bond donors (Lipinski definition) is 2. The number of fused-ring (bicyclic) bond motifs is 1. The van der Waals surface area contributed by atoms with Crippen LogP contribution < -0.4 is 4.90 Å². The summed E-state index contributed by atoms with van der Waals surface area (Å²) in [6.07, 6.45) is 0. The number of aromatic nitrogens is 1. The zero-order valence-corrected chi connectivity index (χ0v) is 18.3. The number of phenolic OH excluding ortho intramolecular Hbond substituents is 1. The van der Waals surface area contributed by atoms with E-state index in [1.807, 2.05) is 0 Å². The Labute approximate surface area is 195 Å². The number of nitrogens with zero attached hydrogens (tertiary/aromatic N) is 2. The number of ketones is 1. The molecule has 5 rings (SSSR count). The maximum atomic E-state index is 13.7. The van der Waals surface area contributed by atoms with Gasteiger partial charge in [0.2, 0.25) is 0 Å². The average molecular weight is 481 g/mol. The van der Waals surface area contributed by atoms with Gasteiger partial charge in [-0.3, -0.25) is 14.5 Å². The second kappa shape index (κ2) is 7.99. The first-order valence-corrected chi connectivity index (χ1v) is 10.9. The Morgan fingerprint density at radius 3 is 2.42 bits per heavy atom. The van der Waals surface area contributed by atoms with Crippen LogP contribution in [-0.2, 0) is 9.59 Å². The van der Waals surface area contributed by atoms with Crippen molar-refractivity contribution in [1.82, 2.24) is 4.98 Å². The molecule has 0 radical (unpaired) electrons. The van der Waals surface area contributed by atoms with Gasteiger partial charge in [0, 0.05) is 10.6 Å². The minimum Gasteiger partial charge on any atom is -0.508 e. The highest BCUT2D eigenvalue weighted by molar-refractivity contribution is 7.22. The molecule has 1 atom stereocenters. The number of aromatic hydroxyl groups is 1. The van der Waals surface area contributed by atoms with Crippen LogP contribution in [0, 0.1) is 5.82 Å². The quantitative estimate of drug-likeness (QED) is 0.232. The van der Waals surface area contributed by atoms with Crippen molar-refractivity contribution < 1.29 is 24.2 Å². The summed E-state index contributed by atoms with van der Waals surface area (Å²) in [5, 5.41) is 21.4. The number of benzene rings is 3. The number of aliphatic hydroxyl groups excluding tert-OH is 1. The van der Waals surface area contributed by atoms with Crippen molar-refractivity contribution >= 4 is 55.7 Å². The molecule has 6 nitrogen and oxygen atoms in total. The standard InChI is InChI=1S/C24H14ClFN2O4S/c25-14-5-1-13(2-6-14)21(30)19-20(12-3-8-16(29)9-4-12)28(23(32)22(19)31)24-27-17-10-7-15(26)11-18(17)33-24/h1-11,20,29-30H. The van der Waals surface area contributed by atoms with Gasteiger partial charge in [0.15, 0.2) is 5.13 Å². The Morgan fingerprint density at radius 2 is 1.73 bits per heavy atom. The number of hydrogen-bond acceptors (Lipinski definition) is 6. The van der Waals surface area contributed by atoms with Gasteiger partial charge in [0.05, 0.1) is 21.8 Å². The molecule has 1 saturated heterocycles. The van der Waals surface area contributed by atoms with Gasteiger partial charge in [-0.05, 0) is 60.2 Å². The molecule has 9 heteroatoms. The van der Waals surface area contributed by atoms with Crippen LogP contribution in [0.25, 0.3) is 16.0 Å². The van der Waals surface area contributed by atoms with E-state index in [2.05, 4.69) is 4.98 Å². The monoisotopic (exact) mass is 480 g/mol. The normalized spacial score (nSPS) is 17.8. The summed E-state index contributed by atoms with van der Waals surface area (Å²) in [4.78, 5) is 31.9. The van der Waals surface area contributed by atoms with Gasteiger partial charge in [-0.1, -0.05) is 35.1 Å². The number of anilines is 1. The predicted molar refractivity (Wildman–Crippen MR) is 124 cm³/mol. The van der Waals surface area contributed by atoms with E-state index < -0.39 is 23.5 Å². The van der Waals surface area contributed by atoms with Gasteiger partial charge in [0.25, 0.3) is 5.78 Å². The van der Waals surface area contributed by atoms with Crippen LogP contribution in [0.1, 0.15) is 17.2 Å². The van der Waals surface area contributed by atoms with E-state index in [1.165, 1.54) is 35.2 Å². The van der Waals surface area contributed by atoms with Crippen LogP contribution in [0.3, 0.4) is 0 Å². The van der Waals surface area contributed by atoms with Crippen molar-refractivity contribution in [2.45, 2.75) is 6.04 Å². The first kappa shape index (κ1) is 21.1. The highest BCUT2D eigenvalue weighted by Crippen LogP contribution is 2.44. The van der Waals surface area contributed by atoms with Crippen LogP contribution in [-0.4, -0.2) is 26.9 Å². The smallest absolute Gasteiger partial charge is 0.301 e. The van der Waals surface area contributed by atoms with E-state index >= 15 is 0 Å². The molecule has 0 aliphatic carbocycles. The van der Waals surface area contributed by atoms with E-state index in [1.54, 1.807) is 36.4 Å². The lowest BCUT2D eigenvalue weighted by Crippen LogP contribution is -2.29. The highest BCUT2D eigenvalue weighted by atomic mass is 35.5. The van der Waals surface area contributed by atoms with E-state index in [0.717, 1.165) is 11.3 Å². The summed E-state index contributed by atoms with van der Waals surface area (Å²) in [5.74, 6) is -2.56. The lowest BCUT2D eigenvalue weighted by Gasteiger charge is -2.23. The fourth-order valence-electron chi connectivity index (χ4n) is 3.75. The Bertz CT molecular complexity index is 1450. The molecule has 0 spiro atoms. The summed E-state index contributed by atoms with van der Waals surface area (Å²) in [7, 11) is 0. The van der Waals surface area contributed by atoms with Crippen molar-refractivity contribution in [2.24, 2.45) is 0 Å². The van der Waals surface area contributed by atoms with Gasteiger partial charge in [0.1, 0.15) is 17.3 Å². The third-order valence-corrected chi connectivity index (χ3v) is 6.59. The number of halogens is 2. The van der Waals surface area contributed by atoms with Crippen molar-refractivity contribution in [3.05, 3.63) is 94.3 Å². The fourth-order valence-corrected chi connectivity index (χ4v) is 4.90. The second-order valence-corrected chi connectivity index (χ2v) is 8.82. The topological polar surface area (TPSA) is 90.7 Å². The number of rotatable bonds is 3. The van der Waals surface area contributed by atoms with Crippen molar-refractivity contribution in [2.75, 3.05) is 4.90 Å². The molecule has 0 bridgehead atoms. The van der Waals surface area contributed by atoms with Gasteiger partial charge >= 0.3 is 5.91 Å². The van der Waals surface area contributed by atoms with Crippen LogP contribution in [0.5, 0.6) is 5.75 Å². The first-order valence-electron chi connectivity index (χ1n) is 9.75. The molecule has 2 N–H and O–H groups in total. The summed E-state index contributed by atoms with van der Waals surface area (Å²) in [6, 6.07) is 15.2. The van der Waals surface area contributed by atoms with E-state index in [-0.39, 0.29) is 22.2 Å². The number of thiazole rings is 1. The van der Waals surface area contributed by atoms with E-state index in [4.69, 9.17) is 11.6 Å². The largest absolute Gasteiger partial charge is 0.508 e. The zero-order chi connectivity index (χ0) is 23.3. The summed E-state index contributed by atoms with van der Waals surface area (Å²) in [6.45, 7) is 0. The predicted octanol–water partition coefficient (Wildman–Crippen LogP) is 5.42. The van der Waals surface area contributed by atoms with Crippen LogP contribution in [0.15, 0.2) is 72.3 Å². The molecule has 1 aromatic heterocycles. The Kier molecular flexibility index (Phi) is 5.11. The highest BCUT2D eigenvalue weighted by Gasteiger charge is 2.48. The summed E-state index contributed by atoms with van der Waals surface area (Å²) >= 11 is 6.99. The molecule has 1 aliphatic rings. The number of carbonyl (C=O) groups is 2. The van der Waals surface area contributed by atoms with Crippen molar-refractivity contribution in [3.63, 3.8) is 0 Å². The molecule has 0 saturated carbocycles. The Balaban J connectivity index is 1.73. The maximum absolute atomic E-state index is 13.7. The van der Waals surface area contributed by atoms with Crippen molar-refractivity contribution in [1.29, 1.82) is 0 Å². The summed E-state index contributed by atoms with van der Waals surface area (Å²) < 4.78 is 14.2. The minimum absolute atomic E-state index is 0.00358. The first-order chi connectivity index (χ1) is 15.8. The molecule has 2 heterocycles. The number of amides is 1. The molecule has 1 fully saturated rings. The van der Waals surface area contributed by atoms with Crippen LogP contribution in [0.4, 0.5) is 9.52 Å². The second-order valence-electron chi connectivity index (χ2n) is 7.38. The molecule has 3 aromatic carbocycles. The average Bonchev–Trinajstić information content (AvgIpc) is 3.32. The lowest BCUT2D eigenvalue weighted by atomic mass is 9.95. The number of carbonyl (C=O) groups excluding carboxylic acids is 2. The molecule has 164 valence electrons. The Morgan fingerprint density at radius 1 is 1.03 bits per heavy atom. The molecule has 1 unspecified atom stereocenters. The number of Topliss-reactive ketones (excluding diaryl/α,β-unsaturated/α-hetero) is 1. The minimum atomic E-state index is -1.01. The summed E-state index contributed by atoms with van der Waals surface area (Å²) in [5.41, 5.74) is 1.14. The molecule has 1 aliphatic heterocycles. The lowest BCUT2D eigenvalue weighted by molar-refractivity contribution is -0.132. The Hall–Kier alpha value is -3.75. The molecule has 4 aromatic rings. The number of phenols is 1. The van der Waals surface area contributed by atoms with Gasteiger partial charge in [-0.25, -0.2) is 9.37 Å². The van der Waals surface area contributed by atoms with Crippen LogP contribution in [0.2, 0.25) is 5.02 Å². The van der Waals surface area contributed by atoms with E-state index in [9.17, 15) is 24.2 Å². The van der Waals surface area contributed by atoms with Gasteiger partial charge < -0.3 is 10.2 Å². The fraction of sp³-hybridized carbons (Fsp3) is 0.0417. The third-order valence-electron chi connectivity index (χ3n) is 5.32. The van der Waals surface area contributed by atoms with Crippen LogP contribution >= 0.6 is 22.9 Å². The molecule has 1 amide bonds. The third kappa shape index (κ3) is 3.63. The van der Waals surface area contributed by atoms with E-state index in [0.29, 0.717) is 26.4 Å². The van der Waals surface area contributed by atoms with Crippen molar-refractivity contribution in [3.8, 4) is 5.75 Å². The van der Waals surface area contributed by atoms with Gasteiger partial charge in [-0.15, -0.1) is 0 Å². The number of aliphatic hydroxyl groups is 1. The SMILES string of the molecule is O=C1C(=O)N(c2nc3ccc(F)cc3s2)C(c2ccc(O)cc2)C1=C(O)c1ccc(Cl)cc1. The van der Waals surface area contributed by atoms with Gasteiger partial charge in [-0.2, -0.15) is 0 Å². The molecular weight excluding hydrogens is 467 g/mol. The zero-order valence-electron chi connectivity index (χ0n) is 16.7. The molecule has 33 heavy (non-hydrogen) atoms.